The molecule has 2 atom stereocenters. The number of anilines is 2. The van der Waals surface area contributed by atoms with Crippen molar-refractivity contribution in [1.82, 2.24) is 49.7 Å². The lowest BCUT2D eigenvalue weighted by Gasteiger charge is -2.30. The van der Waals surface area contributed by atoms with E-state index in [-0.39, 0.29) is 28.9 Å². The first kappa shape index (κ1) is 24.2. The molecule has 0 spiro atoms. The number of fused-ring (bicyclic) bond motifs is 1. The molecule has 1 saturated heterocycles. The minimum Gasteiger partial charge on any atom is -0.367 e. The zero-order chi connectivity index (χ0) is 25.4. The molecule has 5 heterocycles. The smallest absolute Gasteiger partial charge is 0.226 e. The summed E-state index contributed by atoms with van der Waals surface area (Å²) in [5, 5.41) is 20.0. The average molecular weight is 545 g/mol. The van der Waals surface area contributed by atoms with Crippen molar-refractivity contribution in [3.8, 4) is 0 Å². The zero-order valence-corrected chi connectivity index (χ0v) is 21.6. The summed E-state index contributed by atoms with van der Waals surface area (Å²) in [6.45, 7) is 2.63. The lowest BCUT2D eigenvalue weighted by molar-refractivity contribution is -0.000975. The SMILES string of the molecule is CCn1nnc([C@H]2CC[C@H](n3cnc4c(NC5CCC(Nc6ccnc(Cl)n6)CC5)nc(Cl)nc43)O2)n1. The van der Waals surface area contributed by atoms with E-state index in [1.165, 1.54) is 0 Å². The number of nitrogens with one attached hydrogen (secondary N) is 2. The van der Waals surface area contributed by atoms with Gasteiger partial charge in [0.2, 0.25) is 16.4 Å². The fourth-order valence-corrected chi connectivity index (χ4v) is 5.25. The molecule has 194 valence electrons. The number of imidazole rings is 1. The molecular weight excluding hydrogens is 519 g/mol. The average Bonchev–Trinajstić information content (AvgIpc) is 3.64. The summed E-state index contributed by atoms with van der Waals surface area (Å²) in [5.41, 5.74) is 1.30. The van der Waals surface area contributed by atoms with E-state index in [9.17, 15) is 0 Å². The van der Waals surface area contributed by atoms with Gasteiger partial charge in [-0.3, -0.25) is 4.57 Å². The molecule has 0 aromatic carbocycles. The lowest BCUT2D eigenvalue weighted by Crippen LogP contribution is -2.33. The van der Waals surface area contributed by atoms with Crippen molar-refractivity contribution < 1.29 is 4.74 Å². The third kappa shape index (κ3) is 5.15. The molecule has 0 bridgehead atoms. The fourth-order valence-electron chi connectivity index (χ4n) is 4.93. The summed E-state index contributed by atoms with van der Waals surface area (Å²) in [6, 6.07) is 2.39. The van der Waals surface area contributed by atoms with Gasteiger partial charge in [0, 0.05) is 18.3 Å². The highest BCUT2D eigenvalue weighted by Gasteiger charge is 2.32. The molecule has 2 fully saturated rings. The molecule has 6 rings (SSSR count). The van der Waals surface area contributed by atoms with Crippen LogP contribution in [0.5, 0.6) is 0 Å². The van der Waals surface area contributed by atoms with Crippen molar-refractivity contribution in [2.24, 2.45) is 0 Å². The van der Waals surface area contributed by atoms with Crippen LogP contribution in [0.4, 0.5) is 11.6 Å². The Bertz CT molecular complexity index is 1390. The summed E-state index contributed by atoms with van der Waals surface area (Å²) in [5.74, 6) is 1.97. The van der Waals surface area contributed by atoms with Crippen LogP contribution in [0, 0.1) is 0 Å². The Balaban J connectivity index is 1.12. The number of ether oxygens (including phenoxy) is 1. The quantitative estimate of drug-likeness (QED) is 0.327. The number of halogens is 2. The number of rotatable bonds is 7. The molecule has 1 aliphatic carbocycles. The highest BCUT2D eigenvalue weighted by molar-refractivity contribution is 6.28. The van der Waals surface area contributed by atoms with E-state index in [0.29, 0.717) is 35.4 Å². The van der Waals surface area contributed by atoms with Crippen LogP contribution in [0.1, 0.15) is 63.6 Å². The van der Waals surface area contributed by atoms with Crippen LogP contribution in [0.3, 0.4) is 0 Å². The summed E-state index contributed by atoms with van der Waals surface area (Å²) < 4.78 is 8.16. The van der Waals surface area contributed by atoms with Gasteiger partial charge in [-0.05, 0) is 79.9 Å². The third-order valence-electron chi connectivity index (χ3n) is 6.79. The number of hydrogen-bond donors (Lipinski definition) is 2. The van der Waals surface area contributed by atoms with Crippen LogP contribution in [-0.4, -0.2) is 61.8 Å². The van der Waals surface area contributed by atoms with E-state index in [2.05, 4.69) is 51.0 Å². The first-order chi connectivity index (χ1) is 18.1. The molecule has 1 aliphatic heterocycles. The Labute approximate surface area is 222 Å². The number of aromatic nitrogens is 10. The minimum atomic E-state index is -0.251. The Kier molecular flexibility index (Phi) is 6.74. The molecular formula is C22H26Cl2N12O. The maximum atomic E-state index is 6.34. The normalized spacial score (nSPS) is 24.0. The molecule has 4 aromatic rings. The first-order valence-corrected chi connectivity index (χ1v) is 13.2. The van der Waals surface area contributed by atoms with Crippen molar-refractivity contribution in [3.63, 3.8) is 0 Å². The van der Waals surface area contributed by atoms with Crippen LogP contribution in [0.25, 0.3) is 11.2 Å². The Morgan fingerprint density at radius 2 is 1.78 bits per heavy atom. The number of hydrogen-bond acceptors (Lipinski definition) is 11. The lowest BCUT2D eigenvalue weighted by atomic mass is 9.91. The van der Waals surface area contributed by atoms with Crippen molar-refractivity contribution in [3.05, 3.63) is 35.0 Å². The van der Waals surface area contributed by atoms with Crippen molar-refractivity contribution in [1.29, 1.82) is 0 Å². The molecule has 2 aliphatic rings. The number of tetrazole rings is 1. The van der Waals surface area contributed by atoms with E-state index in [4.69, 9.17) is 27.9 Å². The maximum absolute atomic E-state index is 6.34. The van der Waals surface area contributed by atoms with Gasteiger partial charge in [-0.1, -0.05) is 0 Å². The summed E-state index contributed by atoms with van der Waals surface area (Å²) in [7, 11) is 0. The van der Waals surface area contributed by atoms with Gasteiger partial charge in [-0.2, -0.15) is 14.8 Å². The van der Waals surface area contributed by atoms with Gasteiger partial charge in [0.1, 0.15) is 18.1 Å². The molecule has 1 saturated carbocycles. The molecule has 0 unspecified atom stereocenters. The number of aryl methyl sites for hydroxylation is 1. The van der Waals surface area contributed by atoms with E-state index < -0.39 is 0 Å². The predicted molar refractivity (Wildman–Crippen MR) is 136 cm³/mol. The zero-order valence-electron chi connectivity index (χ0n) is 20.1. The summed E-state index contributed by atoms with van der Waals surface area (Å²) in [6.07, 6.45) is 8.33. The molecule has 4 aromatic heterocycles. The second kappa shape index (κ2) is 10.3. The van der Waals surface area contributed by atoms with E-state index in [1.807, 2.05) is 17.6 Å². The third-order valence-corrected chi connectivity index (χ3v) is 7.14. The second-order valence-electron chi connectivity index (χ2n) is 9.21. The van der Waals surface area contributed by atoms with Crippen LogP contribution in [-0.2, 0) is 11.3 Å². The van der Waals surface area contributed by atoms with Crippen molar-refractivity contribution in [2.45, 2.75) is 76.4 Å². The van der Waals surface area contributed by atoms with Gasteiger partial charge in [0.15, 0.2) is 17.0 Å². The van der Waals surface area contributed by atoms with Crippen LogP contribution >= 0.6 is 23.2 Å². The second-order valence-corrected chi connectivity index (χ2v) is 9.88. The highest BCUT2D eigenvalue weighted by Crippen LogP contribution is 2.38. The van der Waals surface area contributed by atoms with Gasteiger partial charge in [0.05, 0.1) is 12.9 Å². The Morgan fingerprint density at radius 3 is 2.54 bits per heavy atom. The van der Waals surface area contributed by atoms with E-state index in [0.717, 1.165) is 44.3 Å². The maximum Gasteiger partial charge on any atom is 0.226 e. The standard InChI is InChI=1S/C22H26Cl2N12O/c1-2-36-33-18(32-34-36)14-7-8-16(37-14)35-11-26-17-19(30-22(24)31-20(17)35)28-13-5-3-12(4-6-13)27-15-9-10-25-21(23)29-15/h9-14,16H,2-8H2,1H3,(H,25,27,29)(H,28,30,31)/t12?,13?,14-,16-/m1/s1. The van der Waals surface area contributed by atoms with Gasteiger partial charge in [0.25, 0.3) is 0 Å². The number of nitrogens with zero attached hydrogens (tertiary/aromatic N) is 10. The molecule has 13 nitrogen and oxygen atoms in total. The van der Waals surface area contributed by atoms with Crippen LogP contribution in [0.2, 0.25) is 10.6 Å². The highest BCUT2D eigenvalue weighted by atomic mass is 35.5. The largest absolute Gasteiger partial charge is 0.367 e. The molecule has 37 heavy (non-hydrogen) atoms. The van der Waals surface area contributed by atoms with Gasteiger partial charge in [-0.15, -0.1) is 10.2 Å². The monoisotopic (exact) mass is 544 g/mol. The first-order valence-electron chi connectivity index (χ1n) is 12.4. The molecule has 15 heteroatoms. The van der Waals surface area contributed by atoms with Gasteiger partial charge in [-0.25, -0.2) is 15.0 Å². The topological polar surface area (TPSA) is 146 Å². The molecule has 2 N–H and O–H groups in total. The molecule has 0 radical (unpaired) electrons. The van der Waals surface area contributed by atoms with E-state index in [1.54, 1.807) is 17.3 Å². The minimum absolute atomic E-state index is 0.162. The van der Waals surface area contributed by atoms with Crippen molar-refractivity contribution in [2.75, 3.05) is 10.6 Å². The van der Waals surface area contributed by atoms with Crippen molar-refractivity contribution >= 4 is 46.0 Å². The fraction of sp³-hybridized carbons (Fsp3) is 0.545. The summed E-state index contributed by atoms with van der Waals surface area (Å²) in [4.78, 5) is 23.2. The molecule has 0 amide bonds. The predicted octanol–water partition coefficient (Wildman–Crippen LogP) is 3.82. The van der Waals surface area contributed by atoms with E-state index >= 15 is 0 Å². The van der Waals surface area contributed by atoms with Crippen LogP contribution in [0.15, 0.2) is 18.6 Å². The Morgan fingerprint density at radius 1 is 0.973 bits per heavy atom. The van der Waals surface area contributed by atoms with Crippen LogP contribution < -0.4 is 10.6 Å². The van der Waals surface area contributed by atoms with Gasteiger partial charge < -0.3 is 15.4 Å². The Hall–Kier alpha value is -3.16. The van der Waals surface area contributed by atoms with Gasteiger partial charge >= 0.3 is 0 Å². The summed E-state index contributed by atoms with van der Waals surface area (Å²) >= 11 is 12.2.